The number of hydrogen-bond donors (Lipinski definition) is 4. The summed E-state index contributed by atoms with van der Waals surface area (Å²) >= 11 is 0. The van der Waals surface area contributed by atoms with Crippen LogP contribution in [0.5, 0.6) is 0 Å². The Morgan fingerprint density at radius 2 is 1.24 bits per heavy atom. The number of likely N-dealkylation sites (N-methyl/N-ethyl adjacent to an activating group) is 2. The molecule has 18 nitrogen and oxygen atoms in total. The van der Waals surface area contributed by atoms with Gasteiger partial charge in [0.1, 0.15) is 37.9 Å². The summed E-state index contributed by atoms with van der Waals surface area (Å²) in [5.74, 6) is -0.0760. The number of anilines is 2. The van der Waals surface area contributed by atoms with Gasteiger partial charge in [-0.2, -0.15) is 10.2 Å². The van der Waals surface area contributed by atoms with Crippen molar-refractivity contribution in [3.05, 3.63) is 71.0 Å². The van der Waals surface area contributed by atoms with E-state index in [-0.39, 0.29) is 60.8 Å². The molecule has 444 valence electrons. The van der Waals surface area contributed by atoms with E-state index in [0.29, 0.717) is 52.6 Å². The molecule has 2 atom stereocenters. The van der Waals surface area contributed by atoms with Crippen LogP contribution in [0.2, 0.25) is 51.4 Å². The molecule has 6 heterocycles. The Morgan fingerprint density at radius 3 is 1.83 bits per heavy atom. The summed E-state index contributed by atoms with van der Waals surface area (Å²) in [6.07, 6.45) is 9.79. The van der Waals surface area contributed by atoms with E-state index in [1.54, 1.807) is 33.7 Å². The number of aliphatic hydroxyl groups excluding tert-OH is 2. The van der Waals surface area contributed by atoms with Crippen LogP contribution in [0.1, 0.15) is 87.7 Å². The molecular weight excluding hydrogens is 1070 g/mol. The number of piperidine rings is 2. The average Bonchev–Trinajstić information content (AvgIpc) is 3.12. The molecule has 4 aliphatic rings. The number of benzene rings is 2. The van der Waals surface area contributed by atoms with Gasteiger partial charge in [-0.15, -0.1) is 0 Å². The van der Waals surface area contributed by atoms with Gasteiger partial charge in [-0.05, 0) is 124 Å². The smallest absolute Gasteiger partial charge is 0.246 e. The van der Waals surface area contributed by atoms with Gasteiger partial charge >= 0.3 is 0 Å². The fourth-order valence-electron chi connectivity index (χ4n) is 11.7. The molecule has 6 aromatic rings. The van der Waals surface area contributed by atoms with Crippen LogP contribution in [-0.2, 0) is 67.8 Å². The monoisotopic (exact) mass is 1160 g/mol. The predicted octanol–water partition coefficient (Wildman–Crippen LogP) is 9.61. The van der Waals surface area contributed by atoms with Crippen LogP contribution in [0.4, 0.5) is 11.4 Å². The fourth-order valence-corrected chi connectivity index (χ4v) is 13.2. The Kier molecular flexibility index (Phi) is 18.6. The highest BCUT2D eigenvalue weighted by Gasteiger charge is 2.36. The van der Waals surface area contributed by atoms with Gasteiger partial charge < -0.3 is 48.8 Å². The van der Waals surface area contributed by atoms with Crippen molar-refractivity contribution < 1.29 is 38.9 Å². The van der Waals surface area contributed by atoms with E-state index in [0.717, 1.165) is 144 Å². The van der Waals surface area contributed by atoms with Gasteiger partial charge in [0.2, 0.25) is 23.6 Å². The van der Waals surface area contributed by atoms with Crippen LogP contribution in [-0.4, -0.2) is 156 Å². The number of amides is 4. The summed E-state index contributed by atoms with van der Waals surface area (Å²) in [4.78, 5) is 60.8. The largest absolute Gasteiger partial charge is 0.396 e. The Morgan fingerprint density at radius 1 is 0.683 bits per heavy atom. The summed E-state index contributed by atoms with van der Waals surface area (Å²) in [6.45, 7) is 22.4. The van der Waals surface area contributed by atoms with Crippen LogP contribution in [0.15, 0.2) is 48.5 Å². The fraction of sp³-hybridized carbons (Fsp3) is 0.581. The first-order valence-corrected chi connectivity index (χ1v) is 37.2. The molecule has 4 N–H and O–H groups in total. The van der Waals surface area contributed by atoms with Crippen molar-refractivity contribution in [1.29, 1.82) is 0 Å². The maximum Gasteiger partial charge on any atom is 0.246 e. The van der Waals surface area contributed by atoms with Gasteiger partial charge in [0.25, 0.3) is 0 Å². The Bertz CT molecular complexity index is 3280. The molecule has 2 aliphatic carbocycles. The normalized spacial score (nSPS) is 19.6. The molecule has 82 heavy (non-hydrogen) atoms. The summed E-state index contributed by atoms with van der Waals surface area (Å²) in [6, 6.07) is 18.4. The maximum atomic E-state index is 13.4. The van der Waals surface area contributed by atoms with E-state index < -0.39 is 16.1 Å². The van der Waals surface area contributed by atoms with Crippen LogP contribution in [0.3, 0.4) is 0 Å². The second kappa shape index (κ2) is 25.1. The number of carbonyl (C=O) groups is 4. The zero-order valence-electron chi connectivity index (χ0n) is 50.5. The molecule has 0 bridgehead atoms. The molecule has 4 aromatic heterocycles. The molecular formula is C62H90N10O8Si2. The van der Waals surface area contributed by atoms with Gasteiger partial charge in [0, 0.05) is 133 Å². The number of likely N-dealkylation sites (tertiary alicyclic amines) is 2. The number of fused-ring (bicyclic) bond motifs is 4. The molecule has 0 radical (unpaired) electrons. The van der Waals surface area contributed by atoms with E-state index in [1.165, 1.54) is 11.1 Å². The lowest BCUT2D eigenvalue weighted by molar-refractivity contribution is -0.137. The van der Waals surface area contributed by atoms with Crippen LogP contribution in [0, 0.1) is 10.8 Å². The third-order valence-electron chi connectivity index (χ3n) is 17.5. The lowest BCUT2D eigenvalue weighted by Crippen LogP contribution is -2.43. The Labute approximate surface area is 485 Å². The molecule has 0 spiro atoms. The first-order valence-electron chi connectivity index (χ1n) is 29.8. The number of aliphatic hydroxyl groups is 2. The number of aromatic nitrogens is 6. The standard InChI is InChI=1S/C37H59N5O5Si2.C25H31N5O3/c1-37(25-43)15-14-30-33(23-37)42(27-47-18-20-49(6,7)8)38-36(30)32-21-28-12-13-29(22-31(28)41(32)26-46-17-19-48(3,4)5)39(2)35(45)24-40-16-10-9-11-34(40)44;1-25(15-31)9-8-18-21(13-25)27-28-24(18)20-11-16-6-7-17(12-19(16)26-20)29(2)23(33)14-30-10-4-3-5-22(30)32/h12-13,21-22,43H,9-11,14-20,23-27H2,1-8H3;6-7,11-12,26,31H,3-5,8-10,13-15H2,1-2H3,(H,27,28). The van der Waals surface area contributed by atoms with Crippen molar-refractivity contribution in [2.75, 3.05) is 76.5 Å². The van der Waals surface area contributed by atoms with Gasteiger partial charge in [0.15, 0.2) is 0 Å². The molecule has 20 heteroatoms. The molecule has 2 fully saturated rings. The van der Waals surface area contributed by atoms with E-state index >= 15 is 0 Å². The highest BCUT2D eigenvalue weighted by molar-refractivity contribution is 6.76. The topological polar surface area (TPSA) is 207 Å². The van der Waals surface area contributed by atoms with Crippen molar-refractivity contribution >= 4 is 73.0 Å². The quantitative estimate of drug-likeness (QED) is 0.0421. The molecule has 10 rings (SSSR count). The van der Waals surface area contributed by atoms with Crippen molar-refractivity contribution in [2.45, 2.75) is 156 Å². The number of hydrogen-bond acceptors (Lipinski definition) is 10. The summed E-state index contributed by atoms with van der Waals surface area (Å²) in [5.41, 5.74) is 11.6. The molecule has 2 saturated heterocycles. The van der Waals surface area contributed by atoms with Crippen LogP contribution < -0.4 is 9.80 Å². The van der Waals surface area contributed by atoms with E-state index in [1.807, 2.05) is 28.9 Å². The zero-order chi connectivity index (χ0) is 58.7. The first kappa shape index (κ1) is 60.7. The van der Waals surface area contributed by atoms with Crippen molar-refractivity contribution in [3.8, 4) is 22.8 Å². The van der Waals surface area contributed by atoms with Gasteiger partial charge in [0.05, 0.1) is 16.9 Å². The molecule has 4 amide bonds. The molecule has 2 aromatic carbocycles. The number of aromatic amines is 2. The number of nitrogens with one attached hydrogen (secondary N) is 2. The minimum absolute atomic E-state index is 0.0564. The third kappa shape index (κ3) is 14.2. The summed E-state index contributed by atoms with van der Waals surface area (Å²) in [7, 11) is 1.02. The average molecular weight is 1160 g/mol. The third-order valence-corrected chi connectivity index (χ3v) is 20.9. The number of nitrogens with zero attached hydrogens (tertiary/aromatic N) is 8. The zero-order valence-corrected chi connectivity index (χ0v) is 52.5. The van der Waals surface area contributed by atoms with Gasteiger partial charge in [-0.3, -0.25) is 24.3 Å². The first-order chi connectivity index (χ1) is 38.9. The molecule has 2 unspecified atom stereocenters. The summed E-state index contributed by atoms with van der Waals surface area (Å²) in [5, 5.41) is 35.1. The highest BCUT2D eigenvalue weighted by Crippen LogP contribution is 2.42. The highest BCUT2D eigenvalue weighted by atomic mass is 28.3. The van der Waals surface area contributed by atoms with Crippen LogP contribution in [0.25, 0.3) is 44.6 Å². The van der Waals surface area contributed by atoms with E-state index in [2.05, 4.69) is 97.1 Å². The summed E-state index contributed by atoms with van der Waals surface area (Å²) < 4.78 is 16.8. The minimum atomic E-state index is -1.29. The Hall–Kier alpha value is -5.91. The molecule has 0 saturated carbocycles. The van der Waals surface area contributed by atoms with Crippen molar-refractivity contribution in [2.24, 2.45) is 10.8 Å². The maximum absolute atomic E-state index is 13.4. The van der Waals surface area contributed by atoms with Crippen molar-refractivity contribution in [3.63, 3.8) is 0 Å². The number of rotatable bonds is 20. The van der Waals surface area contributed by atoms with Crippen LogP contribution >= 0.6 is 0 Å². The van der Waals surface area contributed by atoms with E-state index in [9.17, 15) is 29.4 Å². The van der Waals surface area contributed by atoms with Gasteiger partial charge in [-0.25, -0.2) is 4.68 Å². The lowest BCUT2D eigenvalue weighted by atomic mass is 9.75. The number of ether oxygens (including phenoxy) is 2. The van der Waals surface area contributed by atoms with Gasteiger partial charge in [-0.1, -0.05) is 65.3 Å². The minimum Gasteiger partial charge on any atom is -0.396 e. The SMILES string of the molecule is CN(C(=O)CN1CCCCC1=O)c1ccc2cc(-c3n[nH]c4c3CCC(C)(CO)C4)[nH]c2c1.CN(C(=O)CN1CCCCC1=O)c1ccc2cc(-c3nn(COCC[Si](C)(C)C)c4c3CCC(C)(CO)C4)n(COCC[Si](C)(C)C)c2c1. The molecule has 2 aliphatic heterocycles. The second-order valence-corrected chi connectivity index (χ2v) is 38.1. The van der Waals surface area contributed by atoms with E-state index in [4.69, 9.17) is 14.6 Å². The lowest BCUT2D eigenvalue weighted by Gasteiger charge is -2.32. The Balaban J connectivity index is 0.000000213. The second-order valence-electron chi connectivity index (χ2n) is 26.9. The number of carbonyl (C=O) groups excluding carboxylic acids is 4. The number of H-pyrrole nitrogens is 2. The van der Waals surface area contributed by atoms with Crippen molar-refractivity contribution in [1.82, 2.24) is 39.3 Å². The predicted molar refractivity (Wildman–Crippen MR) is 329 cm³/mol.